The Bertz CT molecular complexity index is 472. The first kappa shape index (κ1) is 15.8. The fourth-order valence-corrected chi connectivity index (χ4v) is 3.68. The third kappa shape index (κ3) is 4.95. The number of hydrogen-bond acceptors (Lipinski definition) is 2. The van der Waals surface area contributed by atoms with Crippen molar-refractivity contribution in [1.29, 1.82) is 0 Å². The fraction of sp³-hybridized carbons (Fsp3) is 0.647. The molecule has 21 heavy (non-hydrogen) atoms. The maximum atomic E-state index is 6.36. The Morgan fingerprint density at radius 3 is 2.33 bits per heavy atom. The van der Waals surface area contributed by atoms with Gasteiger partial charge in [-0.15, -0.1) is 0 Å². The molecule has 1 atom stereocenters. The molecule has 116 valence electrons. The van der Waals surface area contributed by atoms with Gasteiger partial charge in [0, 0.05) is 28.6 Å². The molecule has 0 aromatic heterocycles. The van der Waals surface area contributed by atoms with Gasteiger partial charge in [-0.1, -0.05) is 33.6 Å². The molecule has 1 unspecified atom stereocenters. The van der Waals surface area contributed by atoms with Gasteiger partial charge in [-0.2, -0.15) is 0 Å². The molecule has 3 rings (SSSR count). The van der Waals surface area contributed by atoms with E-state index in [-0.39, 0.29) is 6.04 Å². The molecule has 0 amide bonds. The number of rotatable bonds is 8. The fourth-order valence-electron chi connectivity index (χ4n) is 2.87. The average Bonchev–Trinajstić information content (AvgIpc) is 3.31. The first-order chi connectivity index (χ1) is 10.1. The molecule has 0 spiro atoms. The third-order valence-electron chi connectivity index (χ3n) is 4.54. The molecule has 0 radical (unpaired) electrons. The Morgan fingerprint density at radius 2 is 1.81 bits per heavy atom. The topological polar surface area (TPSA) is 29.3 Å². The predicted molar refractivity (Wildman–Crippen MR) is 92.6 cm³/mol. The summed E-state index contributed by atoms with van der Waals surface area (Å²) in [6.45, 7) is 3.65. The van der Waals surface area contributed by atoms with E-state index in [1.54, 1.807) is 0 Å². The molecule has 2 nitrogen and oxygen atoms in total. The Kier molecular flexibility index (Phi) is 5.26. The molecule has 4 heteroatoms. The largest absolute Gasteiger partial charge is 0.324 e. The van der Waals surface area contributed by atoms with Crippen LogP contribution in [0.1, 0.15) is 43.7 Å². The minimum atomic E-state index is 0.0338. The zero-order chi connectivity index (χ0) is 14.8. The van der Waals surface area contributed by atoms with Crippen LogP contribution in [0, 0.1) is 11.8 Å². The highest BCUT2D eigenvalue weighted by Crippen LogP contribution is 2.34. The van der Waals surface area contributed by atoms with E-state index in [9.17, 15) is 0 Å². The van der Waals surface area contributed by atoms with E-state index in [2.05, 4.69) is 20.8 Å². The van der Waals surface area contributed by atoms with E-state index >= 15 is 0 Å². The van der Waals surface area contributed by atoms with Gasteiger partial charge in [0.2, 0.25) is 0 Å². The summed E-state index contributed by atoms with van der Waals surface area (Å²) in [7, 11) is 0. The molecule has 0 aliphatic heterocycles. The summed E-state index contributed by atoms with van der Waals surface area (Å²) in [5.74, 6) is 1.91. The second-order valence-corrected chi connectivity index (χ2v) is 8.03. The number of nitrogens with zero attached hydrogens (tertiary/aromatic N) is 1. The number of hydrogen-bond donors (Lipinski definition) is 1. The van der Waals surface area contributed by atoms with Gasteiger partial charge in [-0.05, 0) is 68.2 Å². The maximum Gasteiger partial charge on any atom is 0.0464 e. The molecule has 2 aliphatic carbocycles. The lowest BCUT2D eigenvalue weighted by Gasteiger charge is -2.24. The highest BCUT2D eigenvalue weighted by molar-refractivity contribution is 9.10. The Morgan fingerprint density at radius 1 is 1.19 bits per heavy atom. The first-order valence-corrected chi connectivity index (χ1v) is 9.22. The molecular formula is C17H24BrClN2. The van der Waals surface area contributed by atoms with Crippen LogP contribution in [0.15, 0.2) is 22.7 Å². The van der Waals surface area contributed by atoms with E-state index in [0.29, 0.717) is 0 Å². The van der Waals surface area contributed by atoms with Gasteiger partial charge >= 0.3 is 0 Å². The zero-order valence-electron chi connectivity index (χ0n) is 12.4. The van der Waals surface area contributed by atoms with Gasteiger partial charge in [0.05, 0.1) is 0 Å². The molecule has 2 saturated carbocycles. The van der Waals surface area contributed by atoms with Crippen molar-refractivity contribution in [3.8, 4) is 0 Å². The summed E-state index contributed by atoms with van der Waals surface area (Å²) >= 11 is 9.75. The summed E-state index contributed by atoms with van der Waals surface area (Å²) < 4.78 is 1.01. The van der Waals surface area contributed by atoms with Crippen molar-refractivity contribution in [3.63, 3.8) is 0 Å². The molecule has 1 aromatic carbocycles. The molecule has 0 saturated heterocycles. The SMILES string of the molecule is NC(CCN(CC1CC1)CC1CC1)c1ccc(Br)cc1Cl. The molecule has 0 bridgehead atoms. The van der Waals surface area contributed by atoms with Gasteiger partial charge < -0.3 is 10.6 Å². The lowest BCUT2D eigenvalue weighted by Crippen LogP contribution is -2.31. The second kappa shape index (κ2) is 6.99. The lowest BCUT2D eigenvalue weighted by molar-refractivity contribution is 0.243. The molecule has 2 N–H and O–H groups in total. The molecular weight excluding hydrogens is 348 g/mol. The van der Waals surface area contributed by atoms with Crippen LogP contribution in [-0.2, 0) is 0 Å². The summed E-state index contributed by atoms with van der Waals surface area (Å²) in [6.07, 6.45) is 6.68. The highest BCUT2D eigenvalue weighted by Gasteiger charge is 2.29. The summed E-state index contributed by atoms with van der Waals surface area (Å²) in [6, 6.07) is 6.03. The minimum absolute atomic E-state index is 0.0338. The molecule has 2 aliphatic rings. The van der Waals surface area contributed by atoms with Crippen LogP contribution in [0.5, 0.6) is 0 Å². The number of halogens is 2. The molecule has 1 aromatic rings. The number of nitrogens with two attached hydrogens (primary N) is 1. The van der Waals surface area contributed by atoms with Crippen LogP contribution >= 0.6 is 27.5 Å². The lowest BCUT2D eigenvalue weighted by atomic mass is 10.0. The zero-order valence-corrected chi connectivity index (χ0v) is 14.7. The smallest absolute Gasteiger partial charge is 0.0464 e. The average molecular weight is 372 g/mol. The van der Waals surface area contributed by atoms with Crippen LogP contribution in [0.2, 0.25) is 5.02 Å². The van der Waals surface area contributed by atoms with Crippen molar-refractivity contribution >= 4 is 27.5 Å². The van der Waals surface area contributed by atoms with E-state index in [1.807, 2.05) is 18.2 Å². The maximum absolute atomic E-state index is 6.36. The van der Waals surface area contributed by atoms with Crippen LogP contribution in [0.25, 0.3) is 0 Å². The van der Waals surface area contributed by atoms with Crippen molar-refractivity contribution in [2.24, 2.45) is 17.6 Å². The molecule has 0 heterocycles. The standard InChI is InChI=1S/C17H24BrClN2/c18-14-5-6-15(16(19)9-14)17(20)7-8-21(10-12-1-2-12)11-13-3-4-13/h5-6,9,12-13,17H,1-4,7-8,10-11,20H2. The first-order valence-electron chi connectivity index (χ1n) is 8.04. The molecule has 2 fully saturated rings. The van der Waals surface area contributed by atoms with Crippen molar-refractivity contribution in [1.82, 2.24) is 4.90 Å². The Hall–Kier alpha value is -0.0900. The van der Waals surface area contributed by atoms with Crippen molar-refractivity contribution in [2.45, 2.75) is 38.1 Å². The number of benzene rings is 1. The van der Waals surface area contributed by atoms with Gasteiger partial charge in [-0.25, -0.2) is 0 Å². The third-order valence-corrected chi connectivity index (χ3v) is 5.37. The summed E-state index contributed by atoms with van der Waals surface area (Å²) in [4.78, 5) is 2.64. The predicted octanol–water partition coefficient (Wildman–Crippen LogP) is 4.61. The van der Waals surface area contributed by atoms with Gasteiger partial charge in [0.1, 0.15) is 0 Å². The Labute approximate surface area is 141 Å². The highest BCUT2D eigenvalue weighted by atomic mass is 79.9. The van der Waals surface area contributed by atoms with Crippen LogP contribution in [0.3, 0.4) is 0 Å². The van der Waals surface area contributed by atoms with Crippen molar-refractivity contribution in [2.75, 3.05) is 19.6 Å². The van der Waals surface area contributed by atoms with E-state index < -0.39 is 0 Å². The quantitative estimate of drug-likeness (QED) is 0.722. The van der Waals surface area contributed by atoms with Crippen LogP contribution in [0.4, 0.5) is 0 Å². The van der Waals surface area contributed by atoms with Gasteiger partial charge in [0.25, 0.3) is 0 Å². The van der Waals surface area contributed by atoms with Crippen LogP contribution in [-0.4, -0.2) is 24.5 Å². The monoisotopic (exact) mass is 370 g/mol. The van der Waals surface area contributed by atoms with E-state index in [1.165, 1.54) is 38.8 Å². The summed E-state index contributed by atoms with van der Waals surface area (Å²) in [5, 5.41) is 0.771. The minimum Gasteiger partial charge on any atom is -0.324 e. The normalized spacial score (nSPS) is 20.0. The Balaban J connectivity index is 1.53. The second-order valence-electron chi connectivity index (χ2n) is 6.71. The van der Waals surface area contributed by atoms with Gasteiger partial charge in [-0.3, -0.25) is 0 Å². The van der Waals surface area contributed by atoms with Gasteiger partial charge in [0.15, 0.2) is 0 Å². The van der Waals surface area contributed by atoms with Crippen molar-refractivity contribution < 1.29 is 0 Å². The van der Waals surface area contributed by atoms with E-state index in [4.69, 9.17) is 17.3 Å². The van der Waals surface area contributed by atoms with Crippen LogP contribution < -0.4 is 5.73 Å². The van der Waals surface area contributed by atoms with E-state index in [0.717, 1.165) is 39.9 Å². The van der Waals surface area contributed by atoms with Crippen molar-refractivity contribution in [3.05, 3.63) is 33.3 Å². The summed E-state index contributed by atoms with van der Waals surface area (Å²) in [5.41, 5.74) is 7.43.